The second-order valence-corrected chi connectivity index (χ2v) is 4.83. The minimum absolute atomic E-state index is 0.384. The van der Waals surface area contributed by atoms with Crippen LogP contribution in [-0.2, 0) is 6.42 Å². The minimum atomic E-state index is 0.384. The van der Waals surface area contributed by atoms with E-state index in [2.05, 4.69) is 43.4 Å². The lowest BCUT2D eigenvalue weighted by atomic mass is 9.87. The molecule has 82 valence electrons. The minimum Gasteiger partial charge on any atom is -0.311 e. The summed E-state index contributed by atoms with van der Waals surface area (Å²) in [5.41, 5.74) is 3.20. The molecule has 15 heavy (non-hydrogen) atoms. The van der Waals surface area contributed by atoms with Crippen LogP contribution in [0.4, 0.5) is 0 Å². The Bertz CT molecular complexity index is 307. The third-order valence-corrected chi connectivity index (χ3v) is 3.67. The molecule has 1 heterocycles. The monoisotopic (exact) mass is 203 g/mol. The van der Waals surface area contributed by atoms with Crippen LogP contribution in [0.25, 0.3) is 0 Å². The Labute approximate surface area is 92.9 Å². The molecule has 0 saturated carbocycles. The molecule has 1 fully saturated rings. The van der Waals surface area contributed by atoms with Crippen molar-refractivity contribution in [3.05, 3.63) is 35.4 Å². The van der Waals surface area contributed by atoms with E-state index in [0.717, 1.165) is 0 Å². The average molecular weight is 203 g/mol. The van der Waals surface area contributed by atoms with Crippen molar-refractivity contribution in [2.45, 2.75) is 45.1 Å². The second kappa shape index (κ2) is 4.36. The van der Waals surface area contributed by atoms with E-state index in [1.807, 2.05) is 0 Å². The molecule has 1 aromatic carbocycles. The van der Waals surface area contributed by atoms with Gasteiger partial charge >= 0.3 is 0 Å². The first-order valence-corrected chi connectivity index (χ1v) is 6.05. The highest BCUT2D eigenvalue weighted by Gasteiger charge is 2.31. The van der Waals surface area contributed by atoms with Crippen LogP contribution in [0, 0.1) is 6.92 Å². The fraction of sp³-hybridized carbons (Fsp3) is 0.571. The summed E-state index contributed by atoms with van der Waals surface area (Å²) < 4.78 is 0. The largest absolute Gasteiger partial charge is 0.311 e. The van der Waals surface area contributed by atoms with Crippen molar-refractivity contribution in [2.24, 2.45) is 0 Å². The highest BCUT2D eigenvalue weighted by atomic mass is 15.0. The molecule has 1 aliphatic rings. The van der Waals surface area contributed by atoms with Crippen LogP contribution in [0.1, 0.15) is 37.3 Å². The normalized spacial score (nSPS) is 25.7. The Morgan fingerprint density at radius 2 is 2.00 bits per heavy atom. The third kappa shape index (κ3) is 2.40. The maximum atomic E-state index is 3.68. The zero-order chi connectivity index (χ0) is 10.7. The Hall–Kier alpha value is -0.820. The first kappa shape index (κ1) is 10.7. The number of aryl methyl sites for hydroxylation is 1. The van der Waals surface area contributed by atoms with Crippen LogP contribution in [0.15, 0.2) is 24.3 Å². The lowest BCUT2D eigenvalue weighted by molar-refractivity contribution is 0.360. The molecule has 1 aliphatic heterocycles. The maximum absolute atomic E-state index is 3.68. The zero-order valence-corrected chi connectivity index (χ0v) is 9.84. The zero-order valence-electron chi connectivity index (χ0n) is 9.84. The van der Waals surface area contributed by atoms with Gasteiger partial charge in [0.2, 0.25) is 0 Å². The number of benzene rings is 1. The molecule has 1 aromatic rings. The Morgan fingerprint density at radius 3 is 2.53 bits per heavy atom. The summed E-state index contributed by atoms with van der Waals surface area (Å²) in [6, 6.07) is 8.97. The summed E-state index contributed by atoms with van der Waals surface area (Å²) in [6.07, 6.45) is 5.09. The molecule has 2 rings (SSSR count). The molecule has 1 N–H and O–H groups in total. The van der Waals surface area contributed by atoms with Crippen molar-refractivity contribution in [2.75, 3.05) is 6.54 Å². The van der Waals surface area contributed by atoms with Crippen LogP contribution < -0.4 is 5.32 Å². The molecule has 0 aromatic heterocycles. The average Bonchev–Trinajstić information content (AvgIpc) is 2.71. The van der Waals surface area contributed by atoms with Gasteiger partial charge in [0, 0.05) is 5.54 Å². The van der Waals surface area contributed by atoms with Gasteiger partial charge in [-0.3, -0.25) is 0 Å². The predicted octanol–water partition coefficient (Wildman–Crippen LogP) is 3.07. The van der Waals surface area contributed by atoms with Gasteiger partial charge in [0.05, 0.1) is 0 Å². The van der Waals surface area contributed by atoms with E-state index in [1.165, 1.54) is 43.4 Å². The van der Waals surface area contributed by atoms with Crippen LogP contribution in [-0.4, -0.2) is 12.1 Å². The van der Waals surface area contributed by atoms with E-state index >= 15 is 0 Å². The fourth-order valence-corrected chi connectivity index (χ4v) is 2.54. The first-order chi connectivity index (χ1) is 7.24. The first-order valence-electron chi connectivity index (χ1n) is 6.05. The van der Waals surface area contributed by atoms with Crippen molar-refractivity contribution < 1.29 is 0 Å². The van der Waals surface area contributed by atoms with Crippen molar-refractivity contribution in [3.8, 4) is 0 Å². The molecule has 0 spiro atoms. The van der Waals surface area contributed by atoms with Gasteiger partial charge in [-0.2, -0.15) is 0 Å². The maximum Gasteiger partial charge on any atom is 0.0219 e. The summed E-state index contributed by atoms with van der Waals surface area (Å²) in [6.45, 7) is 5.64. The summed E-state index contributed by atoms with van der Waals surface area (Å²) in [5, 5.41) is 3.68. The van der Waals surface area contributed by atoms with Gasteiger partial charge in [-0.05, 0) is 44.7 Å². The quantitative estimate of drug-likeness (QED) is 0.796. The molecule has 0 amide bonds. The molecule has 1 nitrogen and oxygen atoms in total. The Balaban J connectivity index is 2.09. The van der Waals surface area contributed by atoms with Gasteiger partial charge in [-0.25, -0.2) is 0 Å². The van der Waals surface area contributed by atoms with Gasteiger partial charge in [0.1, 0.15) is 0 Å². The third-order valence-electron chi connectivity index (χ3n) is 3.67. The van der Waals surface area contributed by atoms with E-state index < -0.39 is 0 Å². The number of hydrogen-bond donors (Lipinski definition) is 1. The van der Waals surface area contributed by atoms with E-state index in [0.29, 0.717) is 5.54 Å². The molecule has 1 heteroatoms. The Kier molecular flexibility index (Phi) is 3.11. The van der Waals surface area contributed by atoms with Crippen molar-refractivity contribution in [1.82, 2.24) is 5.32 Å². The predicted molar refractivity (Wildman–Crippen MR) is 65.1 cm³/mol. The number of hydrogen-bond acceptors (Lipinski definition) is 1. The molecule has 1 unspecified atom stereocenters. The van der Waals surface area contributed by atoms with Gasteiger partial charge < -0.3 is 5.32 Å². The van der Waals surface area contributed by atoms with Crippen LogP contribution in [0.5, 0.6) is 0 Å². The van der Waals surface area contributed by atoms with Gasteiger partial charge in [0.25, 0.3) is 0 Å². The summed E-state index contributed by atoms with van der Waals surface area (Å²) >= 11 is 0. The summed E-state index contributed by atoms with van der Waals surface area (Å²) in [4.78, 5) is 0. The van der Waals surface area contributed by atoms with Crippen LogP contribution in [0.3, 0.4) is 0 Å². The molecule has 1 atom stereocenters. The van der Waals surface area contributed by atoms with E-state index in [1.54, 1.807) is 0 Å². The highest BCUT2D eigenvalue weighted by Crippen LogP contribution is 2.27. The van der Waals surface area contributed by atoms with Crippen molar-refractivity contribution in [3.63, 3.8) is 0 Å². The van der Waals surface area contributed by atoms with E-state index in [9.17, 15) is 0 Å². The molecule has 0 radical (unpaired) electrons. The number of nitrogens with one attached hydrogen (secondary N) is 1. The van der Waals surface area contributed by atoms with E-state index in [4.69, 9.17) is 0 Å². The SMILES string of the molecule is CCC1(Cc2ccc(C)cc2)CCCN1. The van der Waals surface area contributed by atoms with Gasteiger partial charge in [-0.15, -0.1) is 0 Å². The molecular weight excluding hydrogens is 182 g/mol. The van der Waals surface area contributed by atoms with Crippen LogP contribution in [0.2, 0.25) is 0 Å². The highest BCUT2D eigenvalue weighted by molar-refractivity contribution is 5.23. The lowest BCUT2D eigenvalue weighted by Gasteiger charge is -2.28. The van der Waals surface area contributed by atoms with Gasteiger partial charge in [-0.1, -0.05) is 36.8 Å². The molecule has 0 bridgehead atoms. The number of rotatable bonds is 3. The standard InChI is InChI=1S/C14H21N/c1-3-14(9-4-10-15-14)11-13-7-5-12(2)6-8-13/h5-8,15H,3-4,9-11H2,1-2H3. The smallest absolute Gasteiger partial charge is 0.0219 e. The Morgan fingerprint density at radius 1 is 1.27 bits per heavy atom. The van der Waals surface area contributed by atoms with Crippen LogP contribution >= 0.6 is 0 Å². The second-order valence-electron chi connectivity index (χ2n) is 4.83. The fourth-order valence-electron chi connectivity index (χ4n) is 2.54. The molecule has 0 aliphatic carbocycles. The molecule has 1 saturated heterocycles. The van der Waals surface area contributed by atoms with Crippen molar-refractivity contribution in [1.29, 1.82) is 0 Å². The molecular formula is C14H21N. The topological polar surface area (TPSA) is 12.0 Å². The van der Waals surface area contributed by atoms with Gasteiger partial charge in [0.15, 0.2) is 0 Å². The lowest BCUT2D eigenvalue weighted by Crippen LogP contribution is -2.41. The van der Waals surface area contributed by atoms with Crippen molar-refractivity contribution >= 4 is 0 Å². The summed E-state index contributed by atoms with van der Waals surface area (Å²) in [7, 11) is 0. The summed E-state index contributed by atoms with van der Waals surface area (Å²) in [5.74, 6) is 0. The van der Waals surface area contributed by atoms with E-state index in [-0.39, 0.29) is 0 Å².